The van der Waals surface area contributed by atoms with Crippen molar-refractivity contribution in [2.24, 2.45) is 0 Å². The maximum absolute atomic E-state index is 13.3. The van der Waals surface area contributed by atoms with Gasteiger partial charge in [0.15, 0.2) is 0 Å². The van der Waals surface area contributed by atoms with Crippen molar-refractivity contribution in [2.45, 2.75) is 33.1 Å². The predicted octanol–water partition coefficient (Wildman–Crippen LogP) is 5.73. The second-order valence-corrected chi connectivity index (χ2v) is 6.51. The lowest BCUT2D eigenvalue weighted by molar-refractivity contribution is 0.153. The number of halogens is 2. The van der Waals surface area contributed by atoms with Gasteiger partial charge in [0.1, 0.15) is 5.01 Å². The van der Waals surface area contributed by atoms with Crippen LogP contribution in [-0.4, -0.2) is 9.97 Å². The number of benzene rings is 1. The smallest absolute Gasteiger partial charge is 0.245 e. The highest BCUT2D eigenvalue weighted by atomic mass is 32.1. The number of fused-ring (bicyclic) bond motifs is 1. The molecule has 22 heavy (non-hydrogen) atoms. The highest BCUT2D eigenvalue weighted by Gasteiger charge is 2.15. The fraction of sp³-hybridized carbons (Fsp3) is 0.294. The molecule has 2 heterocycles. The van der Waals surface area contributed by atoms with Crippen LogP contribution in [0.4, 0.5) is 8.78 Å². The molecule has 0 saturated heterocycles. The number of hydrogen-bond acceptors (Lipinski definition) is 3. The number of nitrogens with zero attached hydrogens (tertiary/aromatic N) is 2. The Kier molecular flexibility index (Phi) is 3.91. The molecule has 114 valence electrons. The minimum absolute atomic E-state index is 0.0162. The number of thiazole rings is 1. The topological polar surface area (TPSA) is 25.8 Å². The Morgan fingerprint density at radius 3 is 2.50 bits per heavy atom. The molecule has 0 amide bonds. The van der Waals surface area contributed by atoms with Crippen molar-refractivity contribution in [1.82, 2.24) is 9.97 Å². The normalized spacial score (nSPS) is 11.8. The van der Waals surface area contributed by atoms with Crippen molar-refractivity contribution >= 4 is 22.2 Å². The Balaban J connectivity index is 2.15. The quantitative estimate of drug-likeness (QED) is 0.616. The standard InChI is InChI=1S/C17H16F2N2S/c1-9(2)14-8-22-17(21-14)13-5-4-11-6-10(3)7-12(16(18)19)15(11)20-13/h4-9,16H,1-3H3. The minimum Gasteiger partial charge on any atom is -0.245 e. The predicted molar refractivity (Wildman–Crippen MR) is 86.6 cm³/mol. The van der Waals surface area contributed by atoms with Gasteiger partial charge >= 0.3 is 0 Å². The van der Waals surface area contributed by atoms with Gasteiger partial charge in [-0.3, -0.25) is 0 Å². The molecular weight excluding hydrogens is 302 g/mol. The van der Waals surface area contributed by atoms with Gasteiger partial charge in [0.2, 0.25) is 0 Å². The first-order valence-corrected chi connectivity index (χ1v) is 7.99. The van der Waals surface area contributed by atoms with Gasteiger partial charge in [0.25, 0.3) is 6.43 Å². The Bertz CT molecular complexity index is 825. The van der Waals surface area contributed by atoms with E-state index in [-0.39, 0.29) is 5.56 Å². The van der Waals surface area contributed by atoms with E-state index in [4.69, 9.17) is 0 Å². The summed E-state index contributed by atoms with van der Waals surface area (Å²) in [6.45, 7) is 5.96. The molecule has 5 heteroatoms. The molecule has 0 atom stereocenters. The van der Waals surface area contributed by atoms with Crippen LogP contribution in [0.5, 0.6) is 0 Å². The summed E-state index contributed by atoms with van der Waals surface area (Å²) in [5.41, 5.74) is 2.81. The summed E-state index contributed by atoms with van der Waals surface area (Å²) in [5, 5.41) is 3.50. The SMILES string of the molecule is Cc1cc(C(F)F)c2nc(-c3nc(C(C)C)cs3)ccc2c1. The first-order valence-electron chi connectivity index (χ1n) is 7.11. The third-order valence-corrected chi connectivity index (χ3v) is 4.42. The molecule has 0 spiro atoms. The molecule has 3 rings (SSSR count). The molecule has 2 aromatic heterocycles. The molecule has 0 aliphatic heterocycles. The summed E-state index contributed by atoms with van der Waals surface area (Å²) in [4.78, 5) is 9.00. The summed E-state index contributed by atoms with van der Waals surface area (Å²) in [5.74, 6) is 0.338. The third kappa shape index (κ3) is 2.73. The molecule has 0 fully saturated rings. The molecule has 0 N–H and O–H groups in total. The molecule has 2 nitrogen and oxygen atoms in total. The number of pyridine rings is 1. The average Bonchev–Trinajstić information content (AvgIpc) is 2.95. The third-order valence-electron chi connectivity index (χ3n) is 3.53. The van der Waals surface area contributed by atoms with Crippen LogP contribution in [0.3, 0.4) is 0 Å². The zero-order valence-electron chi connectivity index (χ0n) is 12.6. The first-order chi connectivity index (χ1) is 10.5. The zero-order chi connectivity index (χ0) is 15.9. The van der Waals surface area contributed by atoms with E-state index in [1.54, 1.807) is 0 Å². The first kappa shape index (κ1) is 15.0. The van der Waals surface area contributed by atoms with Crippen LogP contribution in [0.2, 0.25) is 0 Å². The lowest BCUT2D eigenvalue weighted by Crippen LogP contribution is -1.94. The van der Waals surface area contributed by atoms with Crippen LogP contribution >= 0.6 is 11.3 Å². The van der Waals surface area contributed by atoms with Crippen LogP contribution in [0, 0.1) is 6.92 Å². The fourth-order valence-electron chi connectivity index (χ4n) is 2.37. The Morgan fingerprint density at radius 1 is 1.09 bits per heavy atom. The van der Waals surface area contributed by atoms with Gasteiger partial charge in [-0.05, 0) is 36.6 Å². The van der Waals surface area contributed by atoms with E-state index in [0.29, 0.717) is 17.1 Å². The monoisotopic (exact) mass is 318 g/mol. The van der Waals surface area contributed by atoms with E-state index in [0.717, 1.165) is 21.7 Å². The van der Waals surface area contributed by atoms with Gasteiger partial charge in [-0.15, -0.1) is 11.3 Å². The molecule has 0 saturated carbocycles. The maximum Gasteiger partial charge on any atom is 0.265 e. The summed E-state index contributed by atoms with van der Waals surface area (Å²) in [6, 6.07) is 7.07. The van der Waals surface area contributed by atoms with E-state index >= 15 is 0 Å². The van der Waals surface area contributed by atoms with Gasteiger partial charge < -0.3 is 0 Å². The van der Waals surface area contributed by atoms with E-state index in [9.17, 15) is 8.78 Å². The van der Waals surface area contributed by atoms with Crippen molar-refractivity contribution < 1.29 is 8.78 Å². The second-order valence-electron chi connectivity index (χ2n) is 5.66. The maximum atomic E-state index is 13.3. The molecule has 3 aromatic rings. The number of hydrogen-bond donors (Lipinski definition) is 0. The molecule has 0 bridgehead atoms. The second kappa shape index (κ2) is 5.72. The molecule has 0 radical (unpaired) electrons. The van der Waals surface area contributed by atoms with E-state index < -0.39 is 6.43 Å². The van der Waals surface area contributed by atoms with Crippen LogP contribution in [0.15, 0.2) is 29.6 Å². The van der Waals surface area contributed by atoms with Crippen molar-refractivity contribution in [3.05, 3.63) is 46.5 Å². The average molecular weight is 318 g/mol. The van der Waals surface area contributed by atoms with E-state index in [2.05, 4.69) is 23.8 Å². The van der Waals surface area contributed by atoms with Gasteiger partial charge in [-0.1, -0.05) is 19.9 Å². The van der Waals surface area contributed by atoms with Crippen LogP contribution in [-0.2, 0) is 0 Å². The summed E-state index contributed by atoms with van der Waals surface area (Å²) >= 11 is 1.50. The Hall–Kier alpha value is -1.88. The highest BCUT2D eigenvalue weighted by molar-refractivity contribution is 7.13. The van der Waals surface area contributed by atoms with Crippen molar-refractivity contribution in [2.75, 3.05) is 0 Å². The van der Waals surface area contributed by atoms with Crippen molar-refractivity contribution in [1.29, 1.82) is 0 Å². The fourth-order valence-corrected chi connectivity index (χ4v) is 3.32. The lowest BCUT2D eigenvalue weighted by Gasteiger charge is -2.08. The number of rotatable bonds is 3. The molecule has 1 aromatic carbocycles. The zero-order valence-corrected chi connectivity index (χ0v) is 13.4. The van der Waals surface area contributed by atoms with E-state index in [1.807, 2.05) is 30.5 Å². The molecule has 0 aliphatic carbocycles. The summed E-state index contributed by atoms with van der Waals surface area (Å²) in [7, 11) is 0. The number of aryl methyl sites for hydroxylation is 1. The lowest BCUT2D eigenvalue weighted by atomic mass is 10.1. The minimum atomic E-state index is -2.53. The largest absolute Gasteiger partial charge is 0.265 e. The highest BCUT2D eigenvalue weighted by Crippen LogP contribution is 2.31. The molecular formula is C17H16F2N2S. The summed E-state index contributed by atoms with van der Waals surface area (Å²) in [6.07, 6.45) is -2.53. The molecule has 0 unspecified atom stereocenters. The van der Waals surface area contributed by atoms with Gasteiger partial charge in [-0.25, -0.2) is 18.7 Å². The van der Waals surface area contributed by atoms with Gasteiger partial charge in [-0.2, -0.15) is 0 Å². The Labute approximate surface area is 131 Å². The number of alkyl halides is 2. The van der Waals surface area contributed by atoms with Gasteiger partial charge in [0.05, 0.1) is 16.9 Å². The van der Waals surface area contributed by atoms with Crippen LogP contribution in [0.25, 0.3) is 21.6 Å². The van der Waals surface area contributed by atoms with E-state index in [1.165, 1.54) is 17.4 Å². The number of aromatic nitrogens is 2. The van der Waals surface area contributed by atoms with Gasteiger partial charge in [0, 0.05) is 16.3 Å². The Morgan fingerprint density at radius 2 is 1.86 bits per heavy atom. The van der Waals surface area contributed by atoms with Crippen LogP contribution in [0.1, 0.15) is 43.0 Å². The van der Waals surface area contributed by atoms with Crippen LogP contribution < -0.4 is 0 Å². The summed E-state index contributed by atoms with van der Waals surface area (Å²) < 4.78 is 26.5. The molecule has 0 aliphatic rings. The van der Waals surface area contributed by atoms with Crippen molar-refractivity contribution in [3.8, 4) is 10.7 Å². The van der Waals surface area contributed by atoms with Crippen molar-refractivity contribution in [3.63, 3.8) is 0 Å².